The van der Waals surface area contributed by atoms with E-state index in [1.165, 1.54) is 31.2 Å². The summed E-state index contributed by atoms with van der Waals surface area (Å²) >= 11 is 0. The van der Waals surface area contributed by atoms with Crippen LogP contribution in [0, 0.1) is 6.92 Å². The number of hydrogen-bond donors (Lipinski definition) is 1. The molecule has 1 aliphatic carbocycles. The quantitative estimate of drug-likeness (QED) is 0.932. The van der Waals surface area contributed by atoms with Gasteiger partial charge in [0.05, 0.1) is 0 Å². The van der Waals surface area contributed by atoms with Crippen LogP contribution < -0.4 is 5.32 Å². The Labute approximate surface area is 120 Å². The second-order valence-corrected chi connectivity index (χ2v) is 6.01. The predicted molar refractivity (Wildman–Crippen MR) is 81.1 cm³/mol. The fourth-order valence-corrected chi connectivity index (χ4v) is 3.14. The van der Waals surface area contributed by atoms with Crippen LogP contribution in [0.1, 0.15) is 31.2 Å². The number of fused-ring (bicyclic) bond motifs is 1. The summed E-state index contributed by atoms with van der Waals surface area (Å²) in [6.45, 7) is 2.10. The van der Waals surface area contributed by atoms with Gasteiger partial charge in [-0.15, -0.1) is 0 Å². The zero-order valence-electron chi connectivity index (χ0n) is 12.5. The van der Waals surface area contributed by atoms with E-state index in [4.69, 9.17) is 0 Å². The summed E-state index contributed by atoms with van der Waals surface area (Å²) in [4.78, 5) is 6.78. The molecule has 0 aliphatic heterocycles. The van der Waals surface area contributed by atoms with Crippen LogP contribution in [0.15, 0.2) is 18.6 Å². The van der Waals surface area contributed by atoms with E-state index < -0.39 is 0 Å². The van der Waals surface area contributed by atoms with Crippen LogP contribution in [0.2, 0.25) is 0 Å². The van der Waals surface area contributed by atoms with Crippen LogP contribution >= 0.6 is 0 Å². The molecule has 1 N–H and O–H groups in total. The molecule has 5 nitrogen and oxygen atoms in total. The predicted octanol–water partition coefficient (Wildman–Crippen LogP) is 2.32. The van der Waals surface area contributed by atoms with Gasteiger partial charge in [-0.1, -0.05) is 0 Å². The van der Waals surface area contributed by atoms with Gasteiger partial charge in [-0.25, -0.2) is 9.50 Å². The molecule has 0 saturated heterocycles. The third-order valence-corrected chi connectivity index (χ3v) is 4.42. The van der Waals surface area contributed by atoms with E-state index in [0.717, 1.165) is 17.4 Å². The van der Waals surface area contributed by atoms with E-state index in [1.807, 2.05) is 10.7 Å². The number of rotatable bonds is 3. The van der Waals surface area contributed by atoms with E-state index in [-0.39, 0.29) is 0 Å². The van der Waals surface area contributed by atoms with Crippen molar-refractivity contribution in [2.75, 3.05) is 19.4 Å². The minimum Gasteiger partial charge on any atom is -0.365 e. The lowest BCUT2D eigenvalue weighted by atomic mass is 9.90. The van der Waals surface area contributed by atoms with E-state index >= 15 is 0 Å². The normalized spacial score (nSPS) is 23.4. The molecule has 1 saturated carbocycles. The van der Waals surface area contributed by atoms with Crippen LogP contribution in [0.25, 0.3) is 5.52 Å². The van der Waals surface area contributed by atoms with Crippen LogP contribution in [-0.2, 0) is 0 Å². The van der Waals surface area contributed by atoms with Crippen molar-refractivity contribution in [1.29, 1.82) is 0 Å². The smallest absolute Gasteiger partial charge is 0.154 e. The first-order chi connectivity index (χ1) is 9.65. The minimum absolute atomic E-state index is 0.527. The summed E-state index contributed by atoms with van der Waals surface area (Å²) in [5, 5.41) is 7.87. The average molecular weight is 273 g/mol. The van der Waals surface area contributed by atoms with Crippen molar-refractivity contribution in [2.24, 2.45) is 0 Å². The molecule has 5 heteroatoms. The Hall–Kier alpha value is -1.62. The maximum Gasteiger partial charge on any atom is 0.154 e. The highest BCUT2D eigenvalue weighted by molar-refractivity contribution is 5.71. The first-order valence-corrected chi connectivity index (χ1v) is 7.37. The molecule has 20 heavy (non-hydrogen) atoms. The summed E-state index contributed by atoms with van der Waals surface area (Å²) < 4.78 is 1.90. The zero-order chi connectivity index (χ0) is 14.1. The van der Waals surface area contributed by atoms with E-state index in [0.29, 0.717) is 6.04 Å². The van der Waals surface area contributed by atoms with Crippen molar-refractivity contribution in [1.82, 2.24) is 19.5 Å². The fourth-order valence-electron chi connectivity index (χ4n) is 3.14. The standard InChI is InChI=1S/C15H23N5/c1-11-8-9-20-14(11)15(16-10-17-20)18-12-4-6-13(7-5-12)19(2)3/h8-10,12-13H,4-7H2,1-3H3,(H,16,17,18). The Balaban J connectivity index is 1.73. The number of anilines is 1. The fraction of sp³-hybridized carbons (Fsp3) is 0.600. The van der Waals surface area contributed by atoms with Gasteiger partial charge in [-0.05, 0) is 58.3 Å². The molecule has 2 aromatic rings. The van der Waals surface area contributed by atoms with Crippen molar-refractivity contribution < 1.29 is 0 Å². The Bertz CT molecular complexity index is 581. The second-order valence-electron chi connectivity index (χ2n) is 6.01. The number of hydrogen-bond acceptors (Lipinski definition) is 4. The van der Waals surface area contributed by atoms with Crippen LogP contribution in [0.4, 0.5) is 5.82 Å². The lowest BCUT2D eigenvalue weighted by Gasteiger charge is -2.33. The molecule has 108 valence electrons. The lowest BCUT2D eigenvalue weighted by Crippen LogP contribution is -2.36. The van der Waals surface area contributed by atoms with Crippen molar-refractivity contribution in [3.63, 3.8) is 0 Å². The molecule has 3 rings (SSSR count). The van der Waals surface area contributed by atoms with Crippen molar-refractivity contribution in [3.05, 3.63) is 24.2 Å². The molecule has 0 aromatic carbocycles. The van der Waals surface area contributed by atoms with Gasteiger partial charge in [-0.2, -0.15) is 5.10 Å². The number of nitrogens with zero attached hydrogens (tertiary/aromatic N) is 4. The molecular weight excluding hydrogens is 250 g/mol. The molecular formula is C15H23N5. The number of aryl methyl sites for hydroxylation is 1. The van der Waals surface area contributed by atoms with Gasteiger partial charge in [0, 0.05) is 18.3 Å². The lowest BCUT2D eigenvalue weighted by molar-refractivity contribution is 0.221. The summed E-state index contributed by atoms with van der Waals surface area (Å²) in [5.41, 5.74) is 2.32. The molecule has 1 fully saturated rings. The van der Waals surface area contributed by atoms with Gasteiger partial charge in [-0.3, -0.25) is 0 Å². The second kappa shape index (κ2) is 5.40. The average Bonchev–Trinajstić information content (AvgIpc) is 2.82. The summed E-state index contributed by atoms with van der Waals surface area (Å²) in [7, 11) is 4.35. The minimum atomic E-state index is 0.527. The Morgan fingerprint density at radius 1 is 1.25 bits per heavy atom. The first kappa shape index (κ1) is 13.4. The number of aromatic nitrogens is 3. The molecule has 2 heterocycles. The van der Waals surface area contributed by atoms with Crippen molar-refractivity contribution in [2.45, 2.75) is 44.7 Å². The molecule has 0 radical (unpaired) electrons. The molecule has 0 unspecified atom stereocenters. The highest BCUT2D eigenvalue weighted by Crippen LogP contribution is 2.26. The Kier molecular flexibility index (Phi) is 3.61. The Morgan fingerprint density at radius 3 is 2.70 bits per heavy atom. The molecule has 0 bridgehead atoms. The van der Waals surface area contributed by atoms with E-state index in [9.17, 15) is 0 Å². The maximum absolute atomic E-state index is 4.43. The third kappa shape index (κ3) is 2.50. The molecule has 0 atom stereocenters. The molecule has 2 aromatic heterocycles. The largest absolute Gasteiger partial charge is 0.365 e. The molecule has 1 aliphatic rings. The highest BCUT2D eigenvalue weighted by Gasteiger charge is 2.23. The van der Waals surface area contributed by atoms with Crippen LogP contribution in [0.3, 0.4) is 0 Å². The first-order valence-electron chi connectivity index (χ1n) is 7.37. The monoisotopic (exact) mass is 273 g/mol. The zero-order valence-corrected chi connectivity index (χ0v) is 12.5. The Morgan fingerprint density at radius 2 is 2.00 bits per heavy atom. The topological polar surface area (TPSA) is 45.5 Å². The molecule has 0 spiro atoms. The van der Waals surface area contributed by atoms with Gasteiger partial charge in [0.1, 0.15) is 11.8 Å². The SMILES string of the molecule is Cc1ccn2ncnc(NC3CCC(N(C)C)CC3)c12. The summed E-state index contributed by atoms with van der Waals surface area (Å²) in [6.07, 6.45) is 8.54. The van der Waals surface area contributed by atoms with Gasteiger partial charge >= 0.3 is 0 Å². The van der Waals surface area contributed by atoms with E-state index in [1.54, 1.807) is 6.33 Å². The van der Waals surface area contributed by atoms with Crippen LogP contribution in [0.5, 0.6) is 0 Å². The highest BCUT2D eigenvalue weighted by atomic mass is 15.3. The van der Waals surface area contributed by atoms with Gasteiger partial charge in [0.25, 0.3) is 0 Å². The third-order valence-electron chi connectivity index (χ3n) is 4.42. The van der Waals surface area contributed by atoms with Gasteiger partial charge in [0.15, 0.2) is 5.82 Å². The van der Waals surface area contributed by atoms with Gasteiger partial charge in [0.2, 0.25) is 0 Å². The molecule has 0 amide bonds. The number of nitrogens with one attached hydrogen (secondary N) is 1. The maximum atomic E-state index is 4.43. The van der Waals surface area contributed by atoms with Gasteiger partial charge < -0.3 is 10.2 Å². The van der Waals surface area contributed by atoms with Crippen molar-refractivity contribution >= 4 is 11.3 Å². The van der Waals surface area contributed by atoms with Crippen molar-refractivity contribution in [3.8, 4) is 0 Å². The van der Waals surface area contributed by atoms with Crippen LogP contribution in [-0.4, -0.2) is 45.7 Å². The summed E-state index contributed by atoms with van der Waals surface area (Å²) in [6, 6.07) is 3.34. The summed E-state index contributed by atoms with van der Waals surface area (Å²) in [5.74, 6) is 0.968. The van der Waals surface area contributed by atoms with E-state index in [2.05, 4.69) is 47.4 Å².